The summed E-state index contributed by atoms with van der Waals surface area (Å²) >= 11 is 0. The molecule has 0 bridgehead atoms. The van der Waals surface area contributed by atoms with Crippen molar-refractivity contribution < 1.29 is 9.72 Å². The number of nitro benzene ring substituents is 1. The first-order valence-corrected chi connectivity index (χ1v) is 8.24. The lowest BCUT2D eigenvalue weighted by molar-refractivity contribution is -0.386. The van der Waals surface area contributed by atoms with Crippen molar-refractivity contribution in [1.29, 1.82) is 0 Å². The van der Waals surface area contributed by atoms with E-state index in [0.717, 1.165) is 5.56 Å². The number of rotatable bonds is 6. The fraction of sp³-hybridized carbons (Fsp3) is 0.0952. The third-order valence-electron chi connectivity index (χ3n) is 4.23. The zero-order valence-corrected chi connectivity index (χ0v) is 14.0. The molecule has 5 heteroatoms. The molecule has 0 heterocycles. The maximum Gasteiger partial charge on any atom is 0.285 e. The zero-order valence-electron chi connectivity index (χ0n) is 14.0. The van der Waals surface area contributed by atoms with E-state index < -0.39 is 11.0 Å². The third kappa shape index (κ3) is 3.68. The summed E-state index contributed by atoms with van der Waals surface area (Å²) in [5.74, 6) is -0.383. The lowest BCUT2D eigenvalue weighted by atomic mass is 9.93. The molecule has 3 aromatic rings. The molecule has 0 aliphatic heterocycles. The van der Waals surface area contributed by atoms with E-state index >= 15 is 0 Å². The highest BCUT2D eigenvalue weighted by Crippen LogP contribution is 2.31. The van der Waals surface area contributed by atoms with E-state index in [-0.39, 0.29) is 17.0 Å². The summed E-state index contributed by atoms with van der Waals surface area (Å²) in [6.45, 7) is 0. The monoisotopic (exact) mass is 346 g/mol. The number of nitrogens with zero attached hydrogens (tertiary/aromatic N) is 1. The molecule has 26 heavy (non-hydrogen) atoms. The summed E-state index contributed by atoms with van der Waals surface area (Å²) in [5, 5.41) is 11.7. The zero-order chi connectivity index (χ0) is 18.5. The molecular formula is C21H18N2O3. The Labute approximate surface area is 151 Å². The summed E-state index contributed by atoms with van der Waals surface area (Å²) in [7, 11) is 0. The van der Waals surface area contributed by atoms with Crippen molar-refractivity contribution in [3.63, 3.8) is 0 Å². The number of hydrogen-bond donors (Lipinski definition) is 1. The van der Waals surface area contributed by atoms with Crippen LogP contribution in [-0.4, -0.2) is 10.7 Å². The summed E-state index contributed by atoms with van der Waals surface area (Å²) < 4.78 is 0. The van der Waals surface area contributed by atoms with Crippen molar-refractivity contribution in [2.75, 3.05) is 0 Å². The van der Waals surface area contributed by atoms with Crippen LogP contribution in [0.3, 0.4) is 0 Å². The van der Waals surface area contributed by atoms with Crippen molar-refractivity contribution in [2.45, 2.75) is 12.5 Å². The van der Waals surface area contributed by atoms with Gasteiger partial charge in [-0.3, -0.25) is 14.9 Å². The highest BCUT2D eigenvalue weighted by atomic mass is 16.6. The lowest BCUT2D eigenvalue weighted by Gasteiger charge is -2.14. The second kappa shape index (κ2) is 7.72. The average molecular weight is 346 g/mol. The number of carbonyl (C=O) groups excluding carboxylic acids is 1. The molecule has 0 aliphatic rings. The SMILES string of the molecule is NC(Cc1ccccc1)c1cccc(C(=O)c2ccccc2)c1[N+](=O)[O-]. The number of nitrogens with two attached hydrogens (primary N) is 1. The highest BCUT2D eigenvalue weighted by Gasteiger charge is 2.27. The van der Waals surface area contributed by atoms with Crippen LogP contribution in [0.15, 0.2) is 78.9 Å². The molecule has 0 spiro atoms. The van der Waals surface area contributed by atoms with E-state index in [1.165, 1.54) is 6.07 Å². The Morgan fingerprint density at radius 2 is 1.54 bits per heavy atom. The Hall–Kier alpha value is -3.31. The first kappa shape index (κ1) is 17.5. The van der Waals surface area contributed by atoms with Crippen LogP contribution in [0, 0.1) is 10.1 Å². The molecule has 0 saturated carbocycles. The van der Waals surface area contributed by atoms with Crippen molar-refractivity contribution in [3.05, 3.63) is 111 Å². The van der Waals surface area contributed by atoms with Gasteiger partial charge >= 0.3 is 0 Å². The summed E-state index contributed by atoms with van der Waals surface area (Å²) in [6.07, 6.45) is 0.449. The summed E-state index contributed by atoms with van der Waals surface area (Å²) in [4.78, 5) is 24.0. The van der Waals surface area contributed by atoms with Crippen molar-refractivity contribution in [2.24, 2.45) is 5.73 Å². The minimum absolute atomic E-state index is 0.0576. The van der Waals surface area contributed by atoms with E-state index in [1.54, 1.807) is 42.5 Å². The van der Waals surface area contributed by atoms with Gasteiger partial charge in [-0.15, -0.1) is 0 Å². The second-order valence-electron chi connectivity index (χ2n) is 5.99. The lowest BCUT2D eigenvalue weighted by Crippen LogP contribution is -2.17. The van der Waals surface area contributed by atoms with Gasteiger partial charge in [-0.05, 0) is 18.1 Å². The van der Waals surface area contributed by atoms with Gasteiger partial charge in [0.25, 0.3) is 5.69 Å². The van der Waals surface area contributed by atoms with E-state index in [9.17, 15) is 14.9 Å². The molecule has 5 nitrogen and oxygen atoms in total. The molecule has 2 N–H and O–H groups in total. The maximum atomic E-state index is 12.8. The van der Waals surface area contributed by atoms with Crippen LogP contribution in [0.2, 0.25) is 0 Å². The van der Waals surface area contributed by atoms with Gasteiger partial charge in [-0.1, -0.05) is 72.8 Å². The number of carbonyl (C=O) groups is 1. The van der Waals surface area contributed by atoms with Gasteiger partial charge in [-0.25, -0.2) is 0 Å². The molecule has 1 atom stereocenters. The Balaban J connectivity index is 2.01. The molecule has 0 saturated heterocycles. The first-order valence-electron chi connectivity index (χ1n) is 8.24. The number of nitro groups is 1. The molecule has 3 aromatic carbocycles. The van der Waals surface area contributed by atoms with Gasteiger partial charge in [0.05, 0.1) is 4.92 Å². The Kier molecular flexibility index (Phi) is 5.20. The molecule has 1 unspecified atom stereocenters. The molecule has 130 valence electrons. The van der Waals surface area contributed by atoms with Crippen molar-refractivity contribution >= 4 is 11.5 Å². The van der Waals surface area contributed by atoms with Crippen LogP contribution >= 0.6 is 0 Å². The second-order valence-corrected chi connectivity index (χ2v) is 5.99. The van der Waals surface area contributed by atoms with Gasteiger partial charge in [0.2, 0.25) is 0 Å². The van der Waals surface area contributed by atoms with Gasteiger partial charge in [0, 0.05) is 17.2 Å². The smallest absolute Gasteiger partial charge is 0.285 e. The van der Waals surface area contributed by atoms with Crippen LogP contribution < -0.4 is 5.73 Å². The summed E-state index contributed by atoms with van der Waals surface area (Å²) in [6, 6.07) is 22.2. The Morgan fingerprint density at radius 1 is 0.923 bits per heavy atom. The standard InChI is InChI=1S/C21H18N2O3/c22-19(14-15-8-3-1-4-9-15)17-12-7-13-18(20(17)23(25)26)21(24)16-10-5-2-6-11-16/h1-13,19H,14,22H2. The fourth-order valence-corrected chi connectivity index (χ4v) is 2.97. The van der Waals surface area contributed by atoms with Crippen molar-refractivity contribution in [3.8, 4) is 0 Å². The predicted molar refractivity (Wildman–Crippen MR) is 100 cm³/mol. The van der Waals surface area contributed by atoms with E-state index in [4.69, 9.17) is 5.73 Å². The molecule has 0 aromatic heterocycles. The van der Waals surface area contributed by atoms with Crippen LogP contribution in [0.1, 0.15) is 33.1 Å². The van der Waals surface area contributed by atoms with Crippen LogP contribution in [0.25, 0.3) is 0 Å². The number of benzene rings is 3. The maximum absolute atomic E-state index is 12.8. The van der Waals surface area contributed by atoms with E-state index in [1.807, 2.05) is 30.3 Å². The number of para-hydroxylation sites is 1. The normalized spacial score (nSPS) is 11.7. The first-order chi connectivity index (χ1) is 12.6. The third-order valence-corrected chi connectivity index (χ3v) is 4.23. The van der Waals surface area contributed by atoms with Crippen LogP contribution in [0.4, 0.5) is 5.69 Å². The number of ketones is 1. The molecule has 0 fully saturated rings. The predicted octanol–water partition coefficient (Wildman–Crippen LogP) is 4.07. The molecule has 0 radical (unpaired) electrons. The van der Waals surface area contributed by atoms with Crippen molar-refractivity contribution in [1.82, 2.24) is 0 Å². The number of hydrogen-bond acceptors (Lipinski definition) is 4. The van der Waals surface area contributed by atoms with Gasteiger partial charge in [0.1, 0.15) is 5.56 Å². The van der Waals surface area contributed by atoms with Gasteiger partial charge in [0.15, 0.2) is 5.78 Å². The van der Waals surface area contributed by atoms with Gasteiger partial charge < -0.3 is 5.73 Å². The van der Waals surface area contributed by atoms with Crippen LogP contribution in [-0.2, 0) is 6.42 Å². The minimum atomic E-state index is -0.582. The largest absolute Gasteiger partial charge is 0.323 e. The highest BCUT2D eigenvalue weighted by molar-refractivity contribution is 6.11. The summed E-state index contributed by atoms with van der Waals surface area (Å²) in [5.41, 5.74) is 7.85. The molecular weight excluding hydrogens is 328 g/mol. The average Bonchev–Trinajstić information content (AvgIpc) is 2.68. The Bertz CT molecular complexity index is 925. The van der Waals surface area contributed by atoms with Crippen LogP contribution in [0.5, 0.6) is 0 Å². The topological polar surface area (TPSA) is 86.2 Å². The van der Waals surface area contributed by atoms with Gasteiger partial charge in [-0.2, -0.15) is 0 Å². The molecule has 3 rings (SSSR count). The van der Waals surface area contributed by atoms with E-state index in [2.05, 4.69) is 0 Å². The molecule has 0 aliphatic carbocycles. The fourth-order valence-electron chi connectivity index (χ4n) is 2.97. The minimum Gasteiger partial charge on any atom is -0.323 e. The Morgan fingerprint density at radius 3 is 2.15 bits per heavy atom. The molecule has 0 amide bonds. The quantitative estimate of drug-likeness (QED) is 0.414. The van der Waals surface area contributed by atoms with E-state index in [0.29, 0.717) is 17.5 Å².